The Morgan fingerprint density at radius 3 is 1.05 bits per heavy atom. The lowest BCUT2D eigenvalue weighted by Crippen LogP contribution is -2.42. The van der Waals surface area contributed by atoms with E-state index in [2.05, 4.69) is 10.6 Å². The van der Waals surface area contributed by atoms with Gasteiger partial charge in [0.1, 0.15) is 0 Å². The summed E-state index contributed by atoms with van der Waals surface area (Å²) in [6.45, 7) is 1.82. The second-order valence-electron chi connectivity index (χ2n) is 8.75. The van der Waals surface area contributed by atoms with E-state index in [4.69, 9.17) is 36.0 Å². The van der Waals surface area contributed by atoms with Crippen LogP contribution in [0.3, 0.4) is 0 Å². The molecule has 2 N–H and O–H groups in total. The fraction of sp³-hybridized carbons (Fsp3) is 0.917. The molecule has 38 heavy (non-hydrogen) atoms. The van der Waals surface area contributed by atoms with Crippen molar-refractivity contribution in [3.05, 3.63) is 0 Å². The number of ether oxygens (including phenoxy) is 2. The van der Waals surface area contributed by atoms with E-state index < -0.39 is 29.8 Å². The molecule has 12 nitrogen and oxygen atoms in total. The molecule has 0 radical (unpaired) electrons. The minimum absolute atomic E-state index is 0.299. The summed E-state index contributed by atoms with van der Waals surface area (Å²) < 4.78 is 42.4. The summed E-state index contributed by atoms with van der Waals surface area (Å²) in [5.41, 5.74) is 0. The van der Waals surface area contributed by atoms with Gasteiger partial charge in [-0.25, -0.2) is 9.59 Å². The smallest absolute Gasteiger partial charge is 0.450 e. The molecule has 0 aromatic carbocycles. The highest BCUT2D eigenvalue weighted by Gasteiger charge is 2.37. The van der Waals surface area contributed by atoms with Crippen LogP contribution in [0.5, 0.6) is 0 Å². The van der Waals surface area contributed by atoms with Crippen LogP contribution >= 0.6 is 0 Å². The van der Waals surface area contributed by atoms with Gasteiger partial charge in [0.2, 0.25) is 0 Å². The number of rotatable bonds is 25. The molecular weight excluding hydrogens is 532 g/mol. The fourth-order valence-corrected chi connectivity index (χ4v) is 7.19. The summed E-state index contributed by atoms with van der Waals surface area (Å²) in [6, 6.07) is 1.19. The monoisotopic (exact) mass is 584 g/mol. The molecule has 0 saturated carbocycles. The van der Waals surface area contributed by atoms with Gasteiger partial charge in [-0.3, -0.25) is 0 Å². The highest BCUT2D eigenvalue weighted by atomic mass is 28.4. The average Bonchev–Trinajstić information content (AvgIpc) is 2.94. The Morgan fingerprint density at radius 1 is 0.474 bits per heavy atom. The summed E-state index contributed by atoms with van der Waals surface area (Å²) in [5.74, 6) is 0. The Balaban J connectivity index is 3.50. The van der Waals surface area contributed by atoms with Crippen molar-refractivity contribution < 1.29 is 45.6 Å². The van der Waals surface area contributed by atoms with Gasteiger partial charge in [-0.15, -0.1) is 0 Å². The maximum absolute atomic E-state index is 11.8. The molecule has 0 aliphatic carbocycles. The molecule has 0 aromatic heterocycles. The minimum Gasteiger partial charge on any atom is -0.450 e. The molecule has 0 bridgehead atoms. The highest BCUT2D eigenvalue weighted by molar-refractivity contribution is 6.60. The van der Waals surface area contributed by atoms with Crippen molar-refractivity contribution >= 4 is 29.8 Å². The summed E-state index contributed by atoms with van der Waals surface area (Å²) in [7, 11) is 4.18. The molecule has 0 aliphatic heterocycles. The molecule has 14 heteroatoms. The number of carbonyl (C=O) groups is 2. The molecule has 0 fully saturated rings. The molecule has 0 aliphatic rings. The quantitative estimate of drug-likeness (QED) is 0.119. The first kappa shape index (κ1) is 36.7. The maximum atomic E-state index is 11.8. The van der Waals surface area contributed by atoms with Crippen LogP contribution in [-0.2, 0) is 36.0 Å². The number of unbranched alkanes of at least 4 members (excludes halogenated alkanes) is 7. The van der Waals surface area contributed by atoms with Gasteiger partial charge in [0.05, 0.1) is 13.2 Å². The molecule has 0 saturated heterocycles. The van der Waals surface area contributed by atoms with E-state index >= 15 is 0 Å². The van der Waals surface area contributed by atoms with Crippen LogP contribution in [0.4, 0.5) is 9.59 Å². The van der Waals surface area contributed by atoms with E-state index in [1.54, 1.807) is 42.7 Å². The molecule has 0 rings (SSSR count). The first-order chi connectivity index (χ1) is 18.4. The highest BCUT2D eigenvalue weighted by Crippen LogP contribution is 2.16. The summed E-state index contributed by atoms with van der Waals surface area (Å²) >= 11 is 0. The lowest BCUT2D eigenvalue weighted by atomic mass is 10.1. The lowest BCUT2D eigenvalue weighted by Gasteiger charge is -2.24. The van der Waals surface area contributed by atoms with Gasteiger partial charge in [-0.1, -0.05) is 38.5 Å². The van der Waals surface area contributed by atoms with Crippen LogP contribution in [0.2, 0.25) is 12.1 Å². The topological polar surface area (TPSA) is 132 Å². The minimum atomic E-state index is -2.61. The van der Waals surface area contributed by atoms with E-state index in [-0.39, 0.29) is 0 Å². The van der Waals surface area contributed by atoms with Gasteiger partial charge in [-0.2, -0.15) is 0 Å². The van der Waals surface area contributed by atoms with E-state index in [0.29, 0.717) is 51.2 Å². The third kappa shape index (κ3) is 17.3. The van der Waals surface area contributed by atoms with Crippen LogP contribution in [0.15, 0.2) is 0 Å². The predicted molar refractivity (Wildman–Crippen MR) is 148 cm³/mol. The number of amides is 2. The Kier molecular flexibility index (Phi) is 22.8. The van der Waals surface area contributed by atoms with E-state index in [9.17, 15) is 9.59 Å². The lowest BCUT2D eigenvalue weighted by molar-refractivity contribution is 0.115. The molecule has 0 spiro atoms. The third-order valence-electron chi connectivity index (χ3n) is 6.23. The summed E-state index contributed by atoms with van der Waals surface area (Å²) in [4.78, 5) is 23.5. The fourth-order valence-electron chi connectivity index (χ4n) is 3.81. The molecular formula is C24H52N2O10Si2. The zero-order valence-corrected chi connectivity index (χ0v) is 26.4. The van der Waals surface area contributed by atoms with Gasteiger partial charge >= 0.3 is 29.8 Å². The molecule has 226 valence electrons. The number of hydrogen-bond acceptors (Lipinski definition) is 10. The van der Waals surface area contributed by atoms with Crippen LogP contribution in [0.1, 0.15) is 64.2 Å². The van der Waals surface area contributed by atoms with Crippen LogP contribution in [-0.4, -0.2) is 98.8 Å². The summed E-state index contributed by atoms with van der Waals surface area (Å²) in [5, 5.41) is 5.57. The third-order valence-corrected chi connectivity index (χ3v) is 11.9. The van der Waals surface area contributed by atoms with Gasteiger partial charge in [0.15, 0.2) is 0 Å². The summed E-state index contributed by atoms with van der Waals surface area (Å²) in [6.07, 6.45) is 9.06. The zero-order valence-electron chi connectivity index (χ0n) is 24.4. The van der Waals surface area contributed by atoms with Crippen molar-refractivity contribution in [3.63, 3.8) is 0 Å². The standard InChI is InChI=1S/C24H52N2O10Si2/c1-29-37(30-2,31-3)21-15-19-35-23(27)25-17-13-11-9-7-8-10-12-14-18-26-24(28)36-20-16-22-38(32-4,33-5)34-6/h7-22H2,1-6H3,(H,25,27)(H,26,28). The van der Waals surface area contributed by atoms with E-state index in [1.165, 1.54) is 12.8 Å². The Hall–Kier alpha value is -1.27. The van der Waals surface area contributed by atoms with Gasteiger partial charge in [0, 0.05) is 67.8 Å². The molecule has 0 heterocycles. The first-order valence-electron chi connectivity index (χ1n) is 13.5. The average molecular weight is 585 g/mol. The SMILES string of the molecule is CO[Si](CCCOC(=O)NCCCCCCCCCCNC(=O)OCCC[Si](OC)(OC)OC)(OC)OC. The van der Waals surface area contributed by atoms with Gasteiger partial charge in [0.25, 0.3) is 0 Å². The van der Waals surface area contributed by atoms with E-state index in [0.717, 1.165) is 38.5 Å². The van der Waals surface area contributed by atoms with Crippen molar-refractivity contribution in [3.8, 4) is 0 Å². The number of alkyl carbamates (subject to hydrolysis) is 2. The second-order valence-corrected chi connectivity index (χ2v) is 14.9. The zero-order chi connectivity index (χ0) is 28.5. The number of carbonyl (C=O) groups excluding carboxylic acids is 2. The van der Waals surface area contributed by atoms with Crippen molar-refractivity contribution in [1.29, 1.82) is 0 Å². The molecule has 0 unspecified atom stereocenters. The van der Waals surface area contributed by atoms with E-state index in [1.807, 2.05) is 0 Å². The first-order valence-corrected chi connectivity index (χ1v) is 17.3. The molecule has 2 amide bonds. The Labute approximate surface area is 231 Å². The van der Waals surface area contributed by atoms with Gasteiger partial charge < -0.3 is 46.7 Å². The second kappa shape index (κ2) is 23.6. The molecule has 0 aromatic rings. The van der Waals surface area contributed by atoms with Crippen molar-refractivity contribution in [2.24, 2.45) is 0 Å². The normalized spacial score (nSPS) is 11.8. The van der Waals surface area contributed by atoms with Crippen LogP contribution < -0.4 is 10.6 Å². The Bertz CT molecular complexity index is 530. The number of nitrogens with one attached hydrogen (secondary N) is 2. The van der Waals surface area contributed by atoms with Crippen LogP contribution in [0.25, 0.3) is 0 Å². The predicted octanol–water partition coefficient (Wildman–Crippen LogP) is 4.10. The van der Waals surface area contributed by atoms with Crippen molar-refractivity contribution in [2.45, 2.75) is 76.3 Å². The maximum Gasteiger partial charge on any atom is 0.500 e. The largest absolute Gasteiger partial charge is 0.500 e. The van der Waals surface area contributed by atoms with Gasteiger partial charge in [-0.05, 0) is 25.7 Å². The Morgan fingerprint density at radius 2 is 0.763 bits per heavy atom. The van der Waals surface area contributed by atoms with Crippen LogP contribution in [0, 0.1) is 0 Å². The molecule has 0 atom stereocenters. The number of hydrogen-bond donors (Lipinski definition) is 2. The van der Waals surface area contributed by atoms with Crippen molar-refractivity contribution in [1.82, 2.24) is 10.6 Å². The van der Waals surface area contributed by atoms with Crippen molar-refractivity contribution in [2.75, 3.05) is 69.0 Å².